The zero-order valence-corrected chi connectivity index (χ0v) is 21.4. The van der Waals surface area contributed by atoms with Crippen LogP contribution in [0.3, 0.4) is 0 Å². The summed E-state index contributed by atoms with van der Waals surface area (Å²) in [6.07, 6.45) is 2.13. The maximum Gasteiger partial charge on any atom is 0.322 e. The normalized spacial score (nSPS) is 16.2. The minimum atomic E-state index is -0.294. The predicted octanol–water partition coefficient (Wildman–Crippen LogP) is 3.00. The lowest BCUT2D eigenvalue weighted by atomic mass is 10.0. The summed E-state index contributed by atoms with van der Waals surface area (Å²) in [6.45, 7) is 5.42. The molecule has 10 nitrogen and oxygen atoms in total. The molecule has 0 radical (unpaired) electrons. The number of likely N-dealkylation sites (tertiary alicyclic amines) is 1. The Morgan fingerprint density at radius 2 is 1.92 bits per heavy atom. The van der Waals surface area contributed by atoms with Crippen LogP contribution in [0.25, 0.3) is 11.0 Å². The molecule has 2 aliphatic rings. The van der Waals surface area contributed by atoms with Crippen LogP contribution in [0.5, 0.6) is 5.75 Å². The molecule has 5 rings (SSSR count). The van der Waals surface area contributed by atoms with E-state index in [0.29, 0.717) is 38.0 Å². The van der Waals surface area contributed by atoms with Crippen molar-refractivity contribution in [2.45, 2.75) is 39.2 Å². The number of carbonyl (C=O) groups excluding carboxylic acids is 3. The van der Waals surface area contributed by atoms with Crippen molar-refractivity contribution in [3.05, 3.63) is 52.8 Å². The Labute approximate surface area is 215 Å². The van der Waals surface area contributed by atoms with E-state index in [1.165, 1.54) is 0 Å². The molecule has 4 amide bonds. The van der Waals surface area contributed by atoms with Gasteiger partial charge in [-0.15, -0.1) is 0 Å². The fourth-order valence-corrected chi connectivity index (χ4v) is 5.25. The second kappa shape index (κ2) is 10.1. The highest BCUT2D eigenvalue weighted by Gasteiger charge is 2.31. The topological polar surface area (TPSA) is 120 Å². The second-order valence-electron chi connectivity index (χ2n) is 9.70. The number of rotatable bonds is 5. The number of methoxy groups -OCH3 is 1. The second-order valence-corrected chi connectivity index (χ2v) is 9.70. The van der Waals surface area contributed by atoms with Gasteiger partial charge < -0.3 is 30.2 Å². The van der Waals surface area contributed by atoms with Gasteiger partial charge in [-0.2, -0.15) is 0 Å². The Morgan fingerprint density at radius 1 is 1.14 bits per heavy atom. The molecule has 2 aromatic carbocycles. The highest BCUT2D eigenvalue weighted by molar-refractivity contribution is 5.99. The van der Waals surface area contributed by atoms with E-state index in [9.17, 15) is 14.4 Å². The summed E-state index contributed by atoms with van der Waals surface area (Å²) in [4.78, 5) is 49.7. The molecule has 3 N–H and O–H groups in total. The van der Waals surface area contributed by atoms with E-state index < -0.39 is 0 Å². The molecule has 2 aliphatic heterocycles. The number of fused-ring (bicyclic) bond motifs is 2. The quantitative estimate of drug-likeness (QED) is 0.494. The van der Waals surface area contributed by atoms with Gasteiger partial charge in [-0.05, 0) is 74.6 Å². The number of aryl methyl sites for hydroxylation is 2. The van der Waals surface area contributed by atoms with E-state index in [4.69, 9.17) is 4.74 Å². The summed E-state index contributed by atoms with van der Waals surface area (Å²) in [7, 11) is 1.63. The van der Waals surface area contributed by atoms with E-state index in [0.717, 1.165) is 45.8 Å². The third kappa shape index (κ3) is 5.09. The van der Waals surface area contributed by atoms with Gasteiger partial charge in [-0.1, -0.05) is 0 Å². The van der Waals surface area contributed by atoms with Crippen molar-refractivity contribution in [3.8, 4) is 5.75 Å². The zero-order valence-electron chi connectivity index (χ0n) is 21.4. The number of H-pyrrole nitrogens is 1. The highest BCUT2D eigenvalue weighted by Crippen LogP contribution is 2.27. The smallest absolute Gasteiger partial charge is 0.322 e. The third-order valence-corrected chi connectivity index (χ3v) is 7.25. The Balaban J connectivity index is 1.13. The van der Waals surface area contributed by atoms with E-state index in [-0.39, 0.29) is 30.4 Å². The fourth-order valence-electron chi connectivity index (χ4n) is 5.25. The highest BCUT2D eigenvalue weighted by atomic mass is 16.5. The molecule has 0 aliphatic carbocycles. The summed E-state index contributed by atoms with van der Waals surface area (Å²) in [6, 6.07) is 9.17. The summed E-state index contributed by atoms with van der Waals surface area (Å²) >= 11 is 0. The zero-order chi connectivity index (χ0) is 26.1. The molecule has 0 saturated carbocycles. The summed E-state index contributed by atoms with van der Waals surface area (Å²) in [5.74, 6) is 1.14. The third-order valence-electron chi connectivity index (χ3n) is 7.25. The van der Waals surface area contributed by atoms with Crippen LogP contribution >= 0.6 is 0 Å². The van der Waals surface area contributed by atoms with E-state index in [1.54, 1.807) is 24.1 Å². The monoisotopic (exact) mass is 504 g/mol. The number of hydrogen-bond acceptors (Lipinski definition) is 5. The standard InChI is InChI=1S/C27H32N6O4/c1-16-12-19(14-23-25(16)30-17(2)29-23)26(35)28-15-24(34)32-9-7-20(8-10-32)33-11-6-18-13-21(37-3)4-5-22(18)31-27(33)36/h4-5,12-14,20H,6-11,15H2,1-3H3,(H,28,35)(H,29,30)(H,31,36). The molecule has 0 spiro atoms. The largest absolute Gasteiger partial charge is 0.497 e. The minimum Gasteiger partial charge on any atom is -0.497 e. The number of hydrogen-bond donors (Lipinski definition) is 3. The first-order chi connectivity index (χ1) is 17.8. The van der Waals surface area contributed by atoms with Crippen LogP contribution in [0.15, 0.2) is 30.3 Å². The molecule has 37 heavy (non-hydrogen) atoms. The van der Waals surface area contributed by atoms with Crippen molar-refractivity contribution in [1.29, 1.82) is 0 Å². The molecule has 1 fully saturated rings. The van der Waals surface area contributed by atoms with Crippen molar-refractivity contribution < 1.29 is 19.1 Å². The maximum atomic E-state index is 12.9. The van der Waals surface area contributed by atoms with E-state index >= 15 is 0 Å². The van der Waals surface area contributed by atoms with E-state index in [1.807, 2.05) is 36.9 Å². The predicted molar refractivity (Wildman–Crippen MR) is 140 cm³/mol. The van der Waals surface area contributed by atoms with Gasteiger partial charge in [0.15, 0.2) is 0 Å². The molecule has 1 saturated heterocycles. The van der Waals surface area contributed by atoms with Crippen molar-refractivity contribution in [3.63, 3.8) is 0 Å². The molecule has 194 valence electrons. The lowest BCUT2D eigenvalue weighted by Gasteiger charge is -2.38. The first-order valence-corrected chi connectivity index (χ1v) is 12.6. The van der Waals surface area contributed by atoms with Crippen molar-refractivity contribution >= 4 is 34.6 Å². The molecule has 3 aromatic rings. The molecular weight excluding hydrogens is 472 g/mol. The Morgan fingerprint density at radius 3 is 2.68 bits per heavy atom. The van der Waals surface area contributed by atoms with Crippen LogP contribution in [-0.2, 0) is 11.2 Å². The molecule has 0 unspecified atom stereocenters. The number of benzene rings is 2. The van der Waals surface area contributed by atoms with Crippen LogP contribution in [0, 0.1) is 13.8 Å². The first kappa shape index (κ1) is 24.6. The lowest BCUT2D eigenvalue weighted by molar-refractivity contribution is -0.131. The summed E-state index contributed by atoms with van der Waals surface area (Å²) in [5, 5.41) is 5.77. The van der Waals surface area contributed by atoms with Crippen LogP contribution in [0.4, 0.5) is 10.5 Å². The number of aromatic nitrogens is 2. The van der Waals surface area contributed by atoms with Gasteiger partial charge in [0, 0.05) is 36.9 Å². The van der Waals surface area contributed by atoms with Crippen molar-refractivity contribution in [2.75, 3.05) is 38.6 Å². The fraction of sp³-hybridized carbons (Fsp3) is 0.407. The number of nitrogens with zero attached hydrogens (tertiary/aromatic N) is 3. The number of nitrogens with one attached hydrogen (secondary N) is 3. The van der Waals surface area contributed by atoms with Crippen molar-refractivity contribution in [2.24, 2.45) is 0 Å². The SMILES string of the molecule is COc1ccc2c(c1)CCN(C1CCN(C(=O)CNC(=O)c3cc(C)c4nc(C)[nH]c4c3)CC1)C(=O)N2. The number of carbonyl (C=O) groups is 3. The molecular formula is C27H32N6O4. The van der Waals surface area contributed by atoms with Crippen LogP contribution in [0.1, 0.15) is 40.2 Å². The minimum absolute atomic E-state index is 0.0578. The van der Waals surface area contributed by atoms with Gasteiger partial charge in [0.05, 0.1) is 24.7 Å². The maximum absolute atomic E-state index is 12.9. The van der Waals surface area contributed by atoms with Crippen LogP contribution < -0.4 is 15.4 Å². The Bertz CT molecular complexity index is 1360. The van der Waals surface area contributed by atoms with Gasteiger partial charge in [0.2, 0.25) is 5.91 Å². The molecule has 1 aromatic heterocycles. The lowest BCUT2D eigenvalue weighted by Crippen LogP contribution is -2.51. The number of ether oxygens (including phenoxy) is 1. The number of amides is 4. The molecule has 0 atom stereocenters. The number of piperidine rings is 1. The van der Waals surface area contributed by atoms with Crippen LogP contribution in [-0.4, -0.2) is 76.9 Å². The average Bonchev–Trinajstić information content (AvgIpc) is 3.20. The number of imidazole rings is 1. The van der Waals surface area contributed by atoms with Crippen LogP contribution in [0.2, 0.25) is 0 Å². The number of urea groups is 1. The first-order valence-electron chi connectivity index (χ1n) is 12.6. The molecule has 10 heteroatoms. The van der Waals surface area contributed by atoms with Crippen molar-refractivity contribution in [1.82, 2.24) is 25.1 Å². The molecule has 3 heterocycles. The van der Waals surface area contributed by atoms with Gasteiger partial charge in [0.1, 0.15) is 11.6 Å². The number of anilines is 1. The Hall–Kier alpha value is -4.08. The van der Waals surface area contributed by atoms with Gasteiger partial charge >= 0.3 is 6.03 Å². The summed E-state index contributed by atoms with van der Waals surface area (Å²) in [5.41, 5.74) is 4.90. The molecule has 0 bridgehead atoms. The van der Waals surface area contributed by atoms with Gasteiger partial charge in [-0.25, -0.2) is 9.78 Å². The number of aromatic amines is 1. The summed E-state index contributed by atoms with van der Waals surface area (Å²) < 4.78 is 5.31. The Kier molecular flexibility index (Phi) is 6.73. The van der Waals surface area contributed by atoms with Gasteiger partial charge in [0.25, 0.3) is 5.91 Å². The average molecular weight is 505 g/mol. The van der Waals surface area contributed by atoms with E-state index in [2.05, 4.69) is 20.6 Å². The van der Waals surface area contributed by atoms with Gasteiger partial charge in [-0.3, -0.25) is 9.59 Å².